The Morgan fingerprint density at radius 2 is 2.00 bits per heavy atom. The smallest absolute Gasteiger partial charge is 0.137 e. The van der Waals surface area contributed by atoms with Crippen molar-refractivity contribution in [2.45, 2.75) is 19.4 Å². The van der Waals surface area contributed by atoms with E-state index in [2.05, 4.69) is 24.4 Å². The second-order valence-corrected chi connectivity index (χ2v) is 5.14. The van der Waals surface area contributed by atoms with Crippen molar-refractivity contribution in [1.82, 2.24) is 0 Å². The molecule has 3 nitrogen and oxygen atoms in total. The lowest BCUT2D eigenvalue weighted by Crippen LogP contribution is -2.22. The number of anilines is 1. The predicted octanol–water partition coefficient (Wildman–Crippen LogP) is 3.42. The van der Waals surface area contributed by atoms with E-state index in [4.69, 9.17) is 9.47 Å². The van der Waals surface area contributed by atoms with E-state index < -0.39 is 0 Å². The fourth-order valence-corrected chi connectivity index (χ4v) is 2.45. The van der Waals surface area contributed by atoms with Gasteiger partial charge >= 0.3 is 0 Å². The van der Waals surface area contributed by atoms with Crippen LogP contribution in [-0.2, 0) is 6.42 Å². The summed E-state index contributed by atoms with van der Waals surface area (Å²) < 4.78 is 11.7. The molecular weight excluding hydrogens is 250 g/mol. The molecule has 1 heterocycles. The van der Waals surface area contributed by atoms with Crippen LogP contribution in [0, 0.1) is 6.92 Å². The van der Waals surface area contributed by atoms with Gasteiger partial charge in [0.2, 0.25) is 0 Å². The van der Waals surface area contributed by atoms with Crippen LogP contribution in [0.15, 0.2) is 42.5 Å². The Kier molecular flexibility index (Phi) is 3.50. The number of rotatable bonds is 4. The van der Waals surface area contributed by atoms with E-state index in [-0.39, 0.29) is 6.10 Å². The number of aryl methyl sites for hydroxylation is 1. The lowest BCUT2D eigenvalue weighted by Gasteiger charge is -2.12. The quantitative estimate of drug-likeness (QED) is 0.922. The van der Waals surface area contributed by atoms with E-state index in [1.165, 1.54) is 11.1 Å². The SMILES string of the molecule is CNc1ccc(OCC2Cc3cc(C)ccc3O2)cc1. The molecule has 1 atom stereocenters. The van der Waals surface area contributed by atoms with Gasteiger partial charge in [-0.3, -0.25) is 0 Å². The summed E-state index contributed by atoms with van der Waals surface area (Å²) in [4.78, 5) is 0. The van der Waals surface area contributed by atoms with Crippen molar-refractivity contribution >= 4 is 5.69 Å². The molecule has 0 aromatic heterocycles. The zero-order valence-electron chi connectivity index (χ0n) is 11.8. The summed E-state index contributed by atoms with van der Waals surface area (Å²) in [5.41, 5.74) is 3.64. The fourth-order valence-electron chi connectivity index (χ4n) is 2.45. The number of benzene rings is 2. The molecule has 0 aliphatic carbocycles. The van der Waals surface area contributed by atoms with Gasteiger partial charge in [-0.1, -0.05) is 17.7 Å². The van der Waals surface area contributed by atoms with Crippen LogP contribution in [0.5, 0.6) is 11.5 Å². The maximum Gasteiger partial charge on any atom is 0.137 e. The van der Waals surface area contributed by atoms with E-state index in [1.54, 1.807) is 0 Å². The Hall–Kier alpha value is -2.16. The van der Waals surface area contributed by atoms with Crippen molar-refractivity contribution in [2.24, 2.45) is 0 Å². The van der Waals surface area contributed by atoms with Gasteiger partial charge < -0.3 is 14.8 Å². The van der Waals surface area contributed by atoms with Crippen LogP contribution in [0.4, 0.5) is 5.69 Å². The maximum absolute atomic E-state index is 5.89. The van der Waals surface area contributed by atoms with E-state index in [0.717, 1.165) is 23.6 Å². The molecule has 0 amide bonds. The van der Waals surface area contributed by atoms with Crippen molar-refractivity contribution in [1.29, 1.82) is 0 Å². The Labute approximate surface area is 119 Å². The van der Waals surface area contributed by atoms with Gasteiger partial charge in [0.25, 0.3) is 0 Å². The average Bonchev–Trinajstić information content (AvgIpc) is 2.87. The zero-order valence-corrected chi connectivity index (χ0v) is 11.8. The molecule has 2 aromatic rings. The molecule has 0 saturated carbocycles. The molecule has 3 rings (SSSR count). The number of ether oxygens (including phenoxy) is 2. The molecule has 1 unspecified atom stereocenters. The van der Waals surface area contributed by atoms with Crippen LogP contribution in [0.2, 0.25) is 0 Å². The topological polar surface area (TPSA) is 30.5 Å². The summed E-state index contributed by atoms with van der Waals surface area (Å²) in [5, 5.41) is 3.09. The van der Waals surface area contributed by atoms with Crippen molar-refractivity contribution < 1.29 is 9.47 Å². The van der Waals surface area contributed by atoms with Gasteiger partial charge in [-0.15, -0.1) is 0 Å². The Morgan fingerprint density at radius 1 is 1.20 bits per heavy atom. The third kappa shape index (κ3) is 2.72. The molecule has 20 heavy (non-hydrogen) atoms. The summed E-state index contributed by atoms with van der Waals surface area (Å²) in [6.07, 6.45) is 1.03. The Morgan fingerprint density at radius 3 is 2.75 bits per heavy atom. The third-order valence-corrected chi connectivity index (χ3v) is 3.54. The first kappa shape index (κ1) is 12.9. The molecular formula is C17H19NO2. The van der Waals surface area contributed by atoms with Crippen LogP contribution < -0.4 is 14.8 Å². The molecule has 0 radical (unpaired) electrons. The lowest BCUT2D eigenvalue weighted by atomic mass is 10.1. The molecule has 0 spiro atoms. The second kappa shape index (κ2) is 5.45. The number of nitrogens with one attached hydrogen (secondary N) is 1. The number of hydrogen-bond acceptors (Lipinski definition) is 3. The maximum atomic E-state index is 5.89. The van der Waals surface area contributed by atoms with E-state index in [1.807, 2.05) is 37.4 Å². The van der Waals surface area contributed by atoms with E-state index >= 15 is 0 Å². The molecule has 1 N–H and O–H groups in total. The van der Waals surface area contributed by atoms with Crippen molar-refractivity contribution in [3.8, 4) is 11.5 Å². The van der Waals surface area contributed by atoms with Crippen LogP contribution in [0.1, 0.15) is 11.1 Å². The van der Waals surface area contributed by atoms with Gasteiger partial charge in [-0.05, 0) is 42.8 Å². The van der Waals surface area contributed by atoms with Gasteiger partial charge in [0, 0.05) is 19.2 Å². The normalized spacial score (nSPS) is 16.4. The summed E-state index contributed by atoms with van der Waals surface area (Å²) in [7, 11) is 1.90. The Bertz CT molecular complexity index is 592. The fraction of sp³-hybridized carbons (Fsp3) is 0.294. The van der Waals surface area contributed by atoms with E-state index in [9.17, 15) is 0 Å². The minimum Gasteiger partial charge on any atom is -0.490 e. The molecule has 1 aliphatic rings. The van der Waals surface area contributed by atoms with Crippen LogP contribution in [0.3, 0.4) is 0 Å². The minimum absolute atomic E-state index is 0.107. The van der Waals surface area contributed by atoms with Crippen LogP contribution >= 0.6 is 0 Å². The highest BCUT2D eigenvalue weighted by molar-refractivity contribution is 5.45. The van der Waals surface area contributed by atoms with Crippen molar-refractivity contribution in [2.75, 3.05) is 19.0 Å². The van der Waals surface area contributed by atoms with Crippen LogP contribution in [0.25, 0.3) is 0 Å². The highest BCUT2D eigenvalue weighted by Gasteiger charge is 2.23. The number of hydrogen-bond donors (Lipinski definition) is 1. The van der Waals surface area contributed by atoms with Crippen molar-refractivity contribution in [3.05, 3.63) is 53.6 Å². The molecule has 0 saturated heterocycles. The van der Waals surface area contributed by atoms with Crippen molar-refractivity contribution in [3.63, 3.8) is 0 Å². The second-order valence-electron chi connectivity index (χ2n) is 5.14. The summed E-state index contributed by atoms with van der Waals surface area (Å²) >= 11 is 0. The van der Waals surface area contributed by atoms with Gasteiger partial charge in [-0.25, -0.2) is 0 Å². The molecule has 104 valence electrons. The predicted molar refractivity (Wildman–Crippen MR) is 80.8 cm³/mol. The lowest BCUT2D eigenvalue weighted by molar-refractivity contribution is 0.148. The zero-order chi connectivity index (χ0) is 13.9. The molecule has 3 heteroatoms. The van der Waals surface area contributed by atoms with Gasteiger partial charge in [-0.2, -0.15) is 0 Å². The Balaban J connectivity index is 1.58. The van der Waals surface area contributed by atoms with E-state index in [0.29, 0.717) is 6.61 Å². The van der Waals surface area contributed by atoms with Gasteiger partial charge in [0.1, 0.15) is 24.2 Å². The minimum atomic E-state index is 0.107. The molecule has 2 aromatic carbocycles. The summed E-state index contributed by atoms with van der Waals surface area (Å²) in [6, 6.07) is 14.3. The first-order valence-corrected chi connectivity index (χ1v) is 6.91. The molecule has 0 fully saturated rings. The first-order chi connectivity index (χ1) is 9.74. The highest BCUT2D eigenvalue weighted by Crippen LogP contribution is 2.29. The summed E-state index contributed by atoms with van der Waals surface area (Å²) in [6.45, 7) is 2.68. The monoisotopic (exact) mass is 269 g/mol. The average molecular weight is 269 g/mol. The van der Waals surface area contributed by atoms with Gasteiger partial charge in [0.15, 0.2) is 0 Å². The first-order valence-electron chi connectivity index (χ1n) is 6.91. The standard InChI is InChI=1S/C17H19NO2/c1-12-3-8-17-13(9-12)10-16(20-17)11-19-15-6-4-14(18-2)5-7-15/h3-9,16,18H,10-11H2,1-2H3. The third-order valence-electron chi connectivity index (χ3n) is 3.54. The highest BCUT2D eigenvalue weighted by atomic mass is 16.5. The summed E-state index contributed by atoms with van der Waals surface area (Å²) in [5.74, 6) is 1.87. The molecule has 0 bridgehead atoms. The molecule has 1 aliphatic heterocycles. The van der Waals surface area contributed by atoms with Gasteiger partial charge in [0.05, 0.1) is 0 Å². The number of fused-ring (bicyclic) bond motifs is 1. The van der Waals surface area contributed by atoms with Crippen LogP contribution in [-0.4, -0.2) is 19.8 Å². The largest absolute Gasteiger partial charge is 0.490 e.